The van der Waals surface area contributed by atoms with Crippen LogP contribution in [0.25, 0.3) is 0 Å². The van der Waals surface area contributed by atoms with Gasteiger partial charge in [0.05, 0.1) is 5.02 Å². The number of aryl methyl sites for hydroxylation is 1. The van der Waals surface area contributed by atoms with E-state index in [1.54, 1.807) is 18.2 Å². The molecule has 0 aliphatic carbocycles. The summed E-state index contributed by atoms with van der Waals surface area (Å²) in [5.41, 5.74) is 0. The van der Waals surface area contributed by atoms with Crippen molar-refractivity contribution in [3.05, 3.63) is 39.9 Å². The number of halogens is 2. The first-order valence-corrected chi connectivity index (χ1v) is 9.68. The van der Waals surface area contributed by atoms with Crippen LogP contribution in [-0.4, -0.2) is 45.9 Å². The lowest BCUT2D eigenvalue weighted by Crippen LogP contribution is -2.37. The molecule has 0 saturated carbocycles. The molecule has 0 spiro atoms. The van der Waals surface area contributed by atoms with Gasteiger partial charge in [-0.15, -0.1) is 10.2 Å². The monoisotopic (exact) mass is 380 g/mol. The van der Waals surface area contributed by atoms with Crippen molar-refractivity contribution in [3.63, 3.8) is 0 Å². The second-order valence-corrected chi connectivity index (χ2v) is 7.64. The number of piperidine rings is 1. The van der Waals surface area contributed by atoms with Gasteiger partial charge in [0.1, 0.15) is 24.0 Å². The van der Waals surface area contributed by atoms with Gasteiger partial charge in [0.25, 0.3) is 0 Å². The van der Waals surface area contributed by atoms with Crippen LogP contribution in [-0.2, 0) is 13.0 Å². The van der Waals surface area contributed by atoms with Gasteiger partial charge in [0.2, 0.25) is 0 Å². The third-order valence-electron chi connectivity index (χ3n) is 5.07. The first kappa shape index (κ1) is 17.1. The Morgan fingerprint density at radius 2 is 2.08 bits per heavy atom. The van der Waals surface area contributed by atoms with E-state index in [9.17, 15) is 0 Å². The molecule has 2 aliphatic heterocycles. The number of rotatable bonds is 5. The molecule has 3 heterocycles. The molecule has 7 heteroatoms. The van der Waals surface area contributed by atoms with Gasteiger partial charge in [-0.05, 0) is 37.9 Å². The van der Waals surface area contributed by atoms with E-state index < -0.39 is 0 Å². The zero-order valence-electron chi connectivity index (χ0n) is 14.1. The molecule has 1 fully saturated rings. The second kappa shape index (κ2) is 7.52. The standard InChI is InChI=1S/C18H22Cl2N4O/c19-14-5-6-15(20)16(11-14)25-10-9-23-7-1-3-13(12-23)18-22-21-17-4-2-8-24(17)18/h5-6,11,13H,1-4,7-10,12H2. The van der Waals surface area contributed by atoms with Crippen molar-refractivity contribution in [2.45, 2.75) is 38.1 Å². The Hall–Kier alpha value is -1.30. The minimum Gasteiger partial charge on any atom is -0.491 e. The number of nitrogens with zero attached hydrogens (tertiary/aromatic N) is 4. The molecule has 1 atom stereocenters. The predicted octanol–water partition coefficient (Wildman–Crippen LogP) is 3.79. The summed E-state index contributed by atoms with van der Waals surface area (Å²) in [4.78, 5) is 2.45. The Labute approximate surface area is 157 Å². The van der Waals surface area contributed by atoms with E-state index in [2.05, 4.69) is 19.7 Å². The number of benzene rings is 1. The molecule has 5 nitrogen and oxygen atoms in total. The molecule has 0 bridgehead atoms. The fraction of sp³-hybridized carbons (Fsp3) is 0.556. The van der Waals surface area contributed by atoms with Crippen LogP contribution in [0, 0.1) is 0 Å². The maximum Gasteiger partial charge on any atom is 0.139 e. The summed E-state index contributed by atoms with van der Waals surface area (Å²) in [6.07, 6.45) is 4.64. The van der Waals surface area contributed by atoms with Gasteiger partial charge in [-0.3, -0.25) is 4.90 Å². The second-order valence-electron chi connectivity index (χ2n) is 6.79. The molecule has 1 saturated heterocycles. The van der Waals surface area contributed by atoms with Crippen molar-refractivity contribution < 1.29 is 4.74 Å². The summed E-state index contributed by atoms with van der Waals surface area (Å²) in [6, 6.07) is 5.30. The third-order valence-corrected chi connectivity index (χ3v) is 5.61. The average Bonchev–Trinajstić information content (AvgIpc) is 3.22. The highest BCUT2D eigenvalue weighted by Gasteiger charge is 2.28. The fourth-order valence-electron chi connectivity index (χ4n) is 3.82. The highest BCUT2D eigenvalue weighted by molar-refractivity contribution is 6.34. The largest absolute Gasteiger partial charge is 0.491 e. The van der Waals surface area contributed by atoms with Crippen molar-refractivity contribution >= 4 is 23.2 Å². The average molecular weight is 381 g/mol. The lowest BCUT2D eigenvalue weighted by atomic mass is 9.97. The summed E-state index contributed by atoms with van der Waals surface area (Å²) in [5.74, 6) is 3.46. The van der Waals surface area contributed by atoms with Gasteiger partial charge in [0, 0.05) is 43.1 Å². The van der Waals surface area contributed by atoms with E-state index in [0.29, 0.717) is 28.3 Å². The Kier molecular flexibility index (Phi) is 5.15. The van der Waals surface area contributed by atoms with Crippen molar-refractivity contribution in [2.75, 3.05) is 26.2 Å². The maximum atomic E-state index is 6.15. The van der Waals surface area contributed by atoms with Crippen LogP contribution in [0.5, 0.6) is 5.75 Å². The molecule has 4 rings (SSSR count). The molecule has 1 unspecified atom stereocenters. The number of likely N-dealkylation sites (tertiary alicyclic amines) is 1. The highest BCUT2D eigenvalue weighted by atomic mass is 35.5. The Balaban J connectivity index is 1.33. The summed E-state index contributed by atoms with van der Waals surface area (Å²) in [7, 11) is 0. The van der Waals surface area contributed by atoms with Crippen LogP contribution < -0.4 is 4.74 Å². The summed E-state index contributed by atoms with van der Waals surface area (Å²) in [6.45, 7) is 4.67. The molecule has 0 amide bonds. The van der Waals surface area contributed by atoms with Crippen molar-refractivity contribution in [3.8, 4) is 5.75 Å². The van der Waals surface area contributed by atoms with E-state index in [0.717, 1.165) is 38.4 Å². The summed E-state index contributed by atoms with van der Waals surface area (Å²) < 4.78 is 8.16. The lowest BCUT2D eigenvalue weighted by molar-refractivity contribution is 0.166. The predicted molar refractivity (Wildman–Crippen MR) is 98.7 cm³/mol. The van der Waals surface area contributed by atoms with Gasteiger partial charge in [0.15, 0.2) is 0 Å². The lowest BCUT2D eigenvalue weighted by Gasteiger charge is -2.32. The van der Waals surface area contributed by atoms with Crippen LogP contribution in [0.4, 0.5) is 0 Å². The van der Waals surface area contributed by atoms with E-state index in [1.807, 2.05) is 0 Å². The summed E-state index contributed by atoms with van der Waals surface area (Å²) >= 11 is 12.2. The molecule has 2 aliphatic rings. The third kappa shape index (κ3) is 3.78. The number of hydrogen-bond acceptors (Lipinski definition) is 4. The highest BCUT2D eigenvalue weighted by Crippen LogP contribution is 2.29. The number of fused-ring (bicyclic) bond motifs is 1. The van der Waals surface area contributed by atoms with Crippen LogP contribution >= 0.6 is 23.2 Å². The molecule has 1 aromatic heterocycles. The van der Waals surface area contributed by atoms with Crippen LogP contribution in [0.1, 0.15) is 36.8 Å². The van der Waals surface area contributed by atoms with E-state index in [-0.39, 0.29) is 0 Å². The molecule has 1 aromatic carbocycles. The Morgan fingerprint density at radius 1 is 1.16 bits per heavy atom. The van der Waals surface area contributed by atoms with Crippen molar-refractivity contribution in [1.29, 1.82) is 0 Å². The topological polar surface area (TPSA) is 43.2 Å². The normalized spacial score (nSPS) is 20.6. The van der Waals surface area contributed by atoms with E-state index in [1.165, 1.54) is 25.1 Å². The van der Waals surface area contributed by atoms with Gasteiger partial charge in [-0.2, -0.15) is 0 Å². The van der Waals surface area contributed by atoms with Gasteiger partial charge < -0.3 is 9.30 Å². The minimum absolute atomic E-state index is 0.475. The van der Waals surface area contributed by atoms with Crippen molar-refractivity contribution in [1.82, 2.24) is 19.7 Å². The number of aromatic nitrogens is 3. The van der Waals surface area contributed by atoms with Crippen LogP contribution in [0.3, 0.4) is 0 Å². The van der Waals surface area contributed by atoms with Gasteiger partial charge >= 0.3 is 0 Å². The van der Waals surface area contributed by atoms with Gasteiger partial charge in [-0.25, -0.2) is 0 Å². The number of hydrogen-bond donors (Lipinski definition) is 0. The summed E-state index contributed by atoms with van der Waals surface area (Å²) in [5, 5.41) is 10.1. The molecule has 0 N–H and O–H groups in total. The molecule has 0 radical (unpaired) electrons. The van der Waals surface area contributed by atoms with Crippen molar-refractivity contribution in [2.24, 2.45) is 0 Å². The fourth-order valence-corrected chi connectivity index (χ4v) is 4.15. The molecule has 2 aromatic rings. The maximum absolute atomic E-state index is 6.15. The number of ether oxygens (including phenoxy) is 1. The molecule has 25 heavy (non-hydrogen) atoms. The Morgan fingerprint density at radius 3 is 3.00 bits per heavy atom. The molecular weight excluding hydrogens is 359 g/mol. The minimum atomic E-state index is 0.475. The molecular formula is C18H22Cl2N4O. The SMILES string of the molecule is Clc1ccc(Cl)c(OCCN2CCCC(c3nnc4n3CCC4)C2)c1. The first-order valence-electron chi connectivity index (χ1n) is 8.93. The zero-order chi connectivity index (χ0) is 17.2. The van der Waals surface area contributed by atoms with E-state index >= 15 is 0 Å². The van der Waals surface area contributed by atoms with Crippen LogP contribution in [0.15, 0.2) is 18.2 Å². The quantitative estimate of drug-likeness (QED) is 0.791. The first-order chi connectivity index (χ1) is 12.2. The van der Waals surface area contributed by atoms with Crippen LogP contribution in [0.2, 0.25) is 10.0 Å². The zero-order valence-corrected chi connectivity index (χ0v) is 15.6. The molecule has 134 valence electrons. The van der Waals surface area contributed by atoms with Gasteiger partial charge in [-0.1, -0.05) is 23.2 Å². The smallest absolute Gasteiger partial charge is 0.139 e. The van der Waals surface area contributed by atoms with E-state index in [4.69, 9.17) is 27.9 Å². The Bertz CT molecular complexity index is 749.